The molecule has 0 aliphatic rings. The third kappa shape index (κ3) is 9.75. The Bertz CT molecular complexity index is 312. The standard InChI is InChI=1S/C15H30O4S/c1-14(19)20-10-8-6-4-2-3-5-7-9-15(11-16,12-17)13-18/h16-18H,2-13H2,1H3/i1D3. The molecule has 0 atom stereocenters. The van der Waals surface area contributed by atoms with Gasteiger partial charge in [-0.25, -0.2) is 0 Å². The van der Waals surface area contributed by atoms with Crippen LogP contribution >= 0.6 is 11.8 Å². The molecular formula is C15H30O4S. The summed E-state index contributed by atoms with van der Waals surface area (Å²) in [5, 5.41) is 26.9. The summed E-state index contributed by atoms with van der Waals surface area (Å²) in [6.07, 6.45) is 7.48. The zero-order valence-corrected chi connectivity index (χ0v) is 13.0. The highest BCUT2D eigenvalue weighted by Crippen LogP contribution is 2.23. The van der Waals surface area contributed by atoms with Gasteiger partial charge in [-0.05, 0) is 12.8 Å². The highest BCUT2D eigenvalue weighted by Gasteiger charge is 2.26. The van der Waals surface area contributed by atoms with Crippen LogP contribution in [0.5, 0.6) is 0 Å². The Morgan fingerprint density at radius 3 is 1.95 bits per heavy atom. The number of thioether (sulfide) groups is 1. The van der Waals surface area contributed by atoms with E-state index in [0.717, 1.165) is 56.7 Å². The van der Waals surface area contributed by atoms with Crippen LogP contribution in [0.4, 0.5) is 0 Å². The van der Waals surface area contributed by atoms with Crippen molar-refractivity contribution in [2.45, 2.75) is 58.2 Å². The van der Waals surface area contributed by atoms with Gasteiger partial charge in [-0.2, -0.15) is 0 Å². The van der Waals surface area contributed by atoms with E-state index in [0.29, 0.717) is 12.2 Å². The fraction of sp³-hybridized carbons (Fsp3) is 0.933. The number of hydrogen-bond donors (Lipinski definition) is 3. The number of rotatable bonds is 13. The predicted molar refractivity (Wildman–Crippen MR) is 83.8 cm³/mol. The minimum atomic E-state index is -2.49. The van der Waals surface area contributed by atoms with E-state index in [1.54, 1.807) is 0 Å². The van der Waals surface area contributed by atoms with Crippen LogP contribution in [0.1, 0.15) is 62.3 Å². The summed E-state index contributed by atoms with van der Waals surface area (Å²) in [7, 11) is 0. The summed E-state index contributed by atoms with van der Waals surface area (Å²) in [6, 6.07) is 0. The van der Waals surface area contributed by atoms with Crippen LogP contribution in [-0.4, -0.2) is 46.0 Å². The minimum absolute atomic E-state index is 0.202. The SMILES string of the molecule is [2H]C([2H])([2H])C(=O)SCCCCCCCCCC(CO)(CO)CO. The lowest BCUT2D eigenvalue weighted by Gasteiger charge is -2.27. The van der Waals surface area contributed by atoms with E-state index in [1.165, 1.54) is 0 Å². The molecule has 0 aliphatic carbocycles. The quantitative estimate of drug-likeness (QED) is 0.455. The molecule has 0 spiro atoms. The molecule has 0 saturated carbocycles. The predicted octanol–water partition coefficient (Wildman–Crippen LogP) is 2.35. The van der Waals surface area contributed by atoms with Crippen LogP contribution in [0.15, 0.2) is 0 Å². The first-order valence-corrected chi connectivity index (χ1v) is 8.30. The molecule has 4 nitrogen and oxygen atoms in total. The van der Waals surface area contributed by atoms with Gasteiger partial charge in [-0.15, -0.1) is 0 Å². The second kappa shape index (κ2) is 12.6. The molecule has 0 rings (SSSR count). The number of carbonyl (C=O) groups is 1. The van der Waals surface area contributed by atoms with Gasteiger partial charge >= 0.3 is 0 Å². The molecule has 0 saturated heterocycles. The molecule has 0 aromatic heterocycles. The second-order valence-corrected chi connectivity index (χ2v) is 6.40. The monoisotopic (exact) mass is 309 g/mol. The van der Waals surface area contributed by atoms with Crippen molar-refractivity contribution in [3.05, 3.63) is 0 Å². The lowest BCUT2D eigenvalue weighted by molar-refractivity contribution is -0.109. The van der Waals surface area contributed by atoms with Gasteiger partial charge in [-0.1, -0.05) is 50.3 Å². The van der Waals surface area contributed by atoms with Gasteiger partial charge in [0.15, 0.2) is 5.12 Å². The van der Waals surface area contributed by atoms with Crippen molar-refractivity contribution >= 4 is 16.9 Å². The Labute approximate surface area is 131 Å². The van der Waals surface area contributed by atoms with Gasteiger partial charge in [0.05, 0.1) is 19.8 Å². The lowest BCUT2D eigenvalue weighted by atomic mass is 9.85. The zero-order chi connectivity index (χ0) is 17.8. The van der Waals surface area contributed by atoms with E-state index >= 15 is 0 Å². The molecule has 0 radical (unpaired) electrons. The van der Waals surface area contributed by atoms with Gasteiger partial charge in [0, 0.05) is 22.1 Å². The first-order chi connectivity index (χ1) is 10.8. The number of aliphatic hydroxyl groups excluding tert-OH is 3. The fourth-order valence-electron chi connectivity index (χ4n) is 2.04. The Hall–Kier alpha value is -0.100. The zero-order valence-electron chi connectivity index (χ0n) is 15.1. The van der Waals surface area contributed by atoms with Gasteiger partial charge in [-0.3, -0.25) is 4.79 Å². The molecule has 0 aliphatic heterocycles. The maximum Gasteiger partial charge on any atom is 0.185 e. The van der Waals surface area contributed by atoms with Gasteiger partial charge in [0.1, 0.15) is 0 Å². The molecule has 20 heavy (non-hydrogen) atoms. The molecule has 0 heterocycles. The van der Waals surface area contributed by atoms with E-state index in [4.69, 9.17) is 4.11 Å². The number of unbranched alkanes of at least 4 members (excludes halogenated alkanes) is 6. The average molecular weight is 309 g/mol. The third-order valence-corrected chi connectivity index (χ3v) is 4.35. The summed E-state index contributed by atoms with van der Waals surface area (Å²) in [5.74, 6) is 0.559. The van der Waals surface area contributed by atoms with Crippen LogP contribution < -0.4 is 0 Å². The highest BCUT2D eigenvalue weighted by molar-refractivity contribution is 8.13. The summed E-state index contributed by atoms with van der Waals surface area (Å²) >= 11 is 0.893. The summed E-state index contributed by atoms with van der Waals surface area (Å²) in [6.45, 7) is -3.09. The average Bonchev–Trinajstić information content (AvgIpc) is 2.52. The second-order valence-electron chi connectivity index (χ2n) is 5.34. The number of hydrogen-bond acceptors (Lipinski definition) is 5. The van der Waals surface area contributed by atoms with Crippen LogP contribution in [0.3, 0.4) is 0 Å². The van der Waals surface area contributed by atoms with Gasteiger partial charge in [0.2, 0.25) is 0 Å². The number of aliphatic hydroxyl groups is 3. The van der Waals surface area contributed by atoms with Crippen molar-refractivity contribution < 1.29 is 24.2 Å². The van der Waals surface area contributed by atoms with Crippen LogP contribution in [-0.2, 0) is 4.79 Å². The molecule has 0 unspecified atom stereocenters. The molecule has 0 aromatic carbocycles. The third-order valence-electron chi connectivity index (χ3n) is 3.59. The fourth-order valence-corrected chi connectivity index (χ4v) is 2.57. The van der Waals surface area contributed by atoms with Crippen molar-refractivity contribution in [1.29, 1.82) is 0 Å². The highest BCUT2D eigenvalue weighted by atomic mass is 32.2. The normalized spacial score (nSPS) is 14.7. The Morgan fingerprint density at radius 2 is 1.45 bits per heavy atom. The summed E-state index contributed by atoms with van der Waals surface area (Å²) in [4.78, 5) is 11.2. The maximum atomic E-state index is 11.2. The van der Waals surface area contributed by atoms with E-state index in [2.05, 4.69) is 0 Å². The molecule has 120 valence electrons. The smallest absolute Gasteiger partial charge is 0.185 e. The topological polar surface area (TPSA) is 77.8 Å². The van der Waals surface area contributed by atoms with Crippen LogP contribution in [0.2, 0.25) is 0 Å². The van der Waals surface area contributed by atoms with Crippen molar-refractivity contribution in [3.63, 3.8) is 0 Å². The van der Waals surface area contributed by atoms with E-state index < -0.39 is 17.4 Å². The largest absolute Gasteiger partial charge is 0.396 e. The molecule has 5 heteroatoms. The molecular weight excluding hydrogens is 276 g/mol. The lowest BCUT2D eigenvalue weighted by Crippen LogP contribution is -2.33. The van der Waals surface area contributed by atoms with Crippen LogP contribution in [0.25, 0.3) is 0 Å². The summed E-state index contributed by atoms with van der Waals surface area (Å²) in [5.41, 5.74) is -0.757. The maximum absolute atomic E-state index is 11.2. The summed E-state index contributed by atoms with van der Waals surface area (Å²) < 4.78 is 20.9. The first kappa shape index (κ1) is 14.8. The Kier molecular flexibility index (Phi) is 9.36. The molecule has 0 amide bonds. The Balaban J connectivity index is 3.49. The molecule has 0 aromatic rings. The Morgan fingerprint density at radius 1 is 0.950 bits per heavy atom. The van der Waals surface area contributed by atoms with Gasteiger partial charge in [0.25, 0.3) is 0 Å². The molecule has 3 N–H and O–H groups in total. The molecule has 0 bridgehead atoms. The first-order valence-electron chi connectivity index (χ1n) is 8.81. The van der Waals surface area contributed by atoms with Crippen molar-refractivity contribution in [1.82, 2.24) is 0 Å². The molecule has 0 fully saturated rings. The number of carbonyl (C=O) groups excluding carboxylic acids is 1. The van der Waals surface area contributed by atoms with Crippen LogP contribution in [0, 0.1) is 5.41 Å². The van der Waals surface area contributed by atoms with Crippen molar-refractivity contribution in [2.24, 2.45) is 5.41 Å². The van der Waals surface area contributed by atoms with Crippen molar-refractivity contribution in [3.8, 4) is 0 Å². The minimum Gasteiger partial charge on any atom is -0.396 e. The van der Waals surface area contributed by atoms with Crippen molar-refractivity contribution in [2.75, 3.05) is 25.6 Å². The van der Waals surface area contributed by atoms with E-state index in [1.807, 2.05) is 0 Å². The van der Waals surface area contributed by atoms with E-state index in [9.17, 15) is 20.1 Å². The van der Waals surface area contributed by atoms with Gasteiger partial charge < -0.3 is 15.3 Å². The van der Waals surface area contributed by atoms with E-state index in [-0.39, 0.29) is 19.8 Å².